The average molecular weight is 209 g/mol. The lowest BCUT2D eigenvalue weighted by molar-refractivity contribution is 0.688. The topological polar surface area (TPSA) is 43.1 Å². The van der Waals surface area contributed by atoms with Gasteiger partial charge < -0.3 is 5.73 Å². The highest BCUT2D eigenvalue weighted by molar-refractivity contribution is 7.88. The Kier molecular flexibility index (Phi) is 4.56. The average Bonchev–Trinajstić information content (AvgIpc) is 2.19. The number of hydrogen-bond donors (Lipinski definition) is 1. The second kappa shape index (κ2) is 5.73. The molecular weight excluding hydrogens is 194 g/mol. The Morgan fingerprint density at radius 2 is 2.00 bits per heavy atom. The summed E-state index contributed by atoms with van der Waals surface area (Å²) in [6.45, 7) is 2.61. The lowest BCUT2D eigenvalue weighted by Crippen LogP contribution is -1.95. The van der Waals surface area contributed by atoms with Crippen LogP contribution in [0.1, 0.15) is 12.0 Å². The Hall–Kier alpha value is -0.930. The molecular formula is C11H15NOS. The van der Waals surface area contributed by atoms with E-state index in [-0.39, 0.29) is 0 Å². The molecule has 1 aromatic rings. The molecule has 0 aliphatic rings. The lowest BCUT2D eigenvalue weighted by atomic mass is 10.2. The zero-order valence-electron chi connectivity index (χ0n) is 8.27. The molecule has 0 amide bonds. The van der Waals surface area contributed by atoms with Crippen molar-refractivity contribution < 1.29 is 4.21 Å². The van der Waals surface area contributed by atoms with Crippen molar-refractivity contribution in [3.8, 4) is 0 Å². The van der Waals surface area contributed by atoms with Crippen molar-refractivity contribution in [1.29, 1.82) is 0 Å². The van der Waals surface area contributed by atoms with Gasteiger partial charge in [0.1, 0.15) is 0 Å². The molecule has 1 atom stereocenters. The zero-order valence-corrected chi connectivity index (χ0v) is 9.09. The largest absolute Gasteiger partial charge is 0.330 e. The third-order valence-corrected chi connectivity index (χ3v) is 2.98. The zero-order chi connectivity index (χ0) is 10.4. The maximum absolute atomic E-state index is 11.6. The minimum Gasteiger partial charge on any atom is -0.330 e. The number of aryl methyl sites for hydroxylation is 1. The van der Waals surface area contributed by atoms with E-state index < -0.39 is 10.8 Å². The summed E-state index contributed by atoms with van der Waals surface area (Å²) in [6, 6.07) is 7.70. The van der Waals surface area contributed by atoms with Crippen molar-refractivity contribution in [2.45, 2.75) is 18.2 Å². The first-order valence-corrected chi connectivity index (χ1v) is 5.79. The van der Waals surface area contributed by atoms with Crippen molar-refractivity contribution >= 4 is 10.8 Å². The summed E-state index contributed by atoms with van der Waals surface area (Å²) >= 11 is 0. The molecule has 0 aromatic heterocycles. The van der Waals surface area contributed by atoms with Gasteiger partial charge in [0.2, 0.25) is 0 Å². The van der Waals surface area contributed by atoms with E-state index in [1.54, 1.807) is 5.41 Å². The Labute approximate surface area is 87.3 Å². The standard InChI is InChI=1S/C11H15NOS/c1-10-4-6-11(7-5-10)14(13)9-3-2-8-12/h3-7,9H,2,8,12H2,1H3/b9-3-. The van der Waals surface area contributed by atoms with Crippen LogP contribution in [0.15, 0.2) is 40.6 Å². The molecule has 0 fully saturated rings. The summed E-state index contributed by atoms with van der Waals surface area (Å²) < 4.78 is 11.6. The fourth-order valence-corrected chi connectivity index (χ4v) is 1.87. The van der Waals surface area contributed by atoms with Crippen molar-refractivity contribution in [3.05, 3.63) is 41.3 Å². The second-order valence-corrected chi connectivity index (χ2v) is 4.40. The molecule has 76 valence electrons. The van der Waals surface area contributed by atoms with Gasteiger partial charge in [0, 0.05) is 10.3 Å². The van der Waals surface area contributed by atoms with Crippen LogP contribution >= 0.6 is 0 Å². The molecule has 2 N–H and O–H groups in total. The van der Waals surface area contributed by atoms with Crippen LogP contribution in [0.4, 0.5) is 0 Å². The van der Waals surface area contributed by atoms with Crippen LogP contribution in [0.5, 0.6) is 0 Å². The summed E-state index contributed by atoms with van der Waals surface area (Å²) in [5.74, 6) is 0. The Morgan fingerprint density at radius 1 is 1.36 bits per heavy atom. The summed E-state index contributed by atoms with van der Waals surface area (Å²) in [6.07, 6.45) is 2.63. The Morgan fingerprint density at radius 3 is 2.57 bits per heavy atom. The SMILES string of the molecule is Cc1ccc(S(=O)/C=C\CCN)cc1. The van der Waals surface area contributed by atoms with E-state index in [0.29, 0.717) is 6.54 Å². The molecule has 0 saturated heterocycles. The van der Waals surface area contributed by atoms with Gasteiger partial charge in [-0.3, -0.25) is 0 Å². The second-order valence-electron chi connectivity index (χ2n) is 3.06. The molecule has 1 rings (SSSR count). The van der Waals surface area contributed by atoms with Gasteiger partial charge in [0.25, 0.3) is 0 Å². The molecule has 0 heterocycles. The van der Waals surface area contributed by atoms with Crippen LogP contribution in [0.25, 0.3) is 0 Å². The van der Waals surface area contributed by atoms with Gasteiger partial charge in [-0.2, -0.15) is 0 Å². The van der Waals surface area contributed by atoms with Crippen molar-refractivity contribution in [3.63, 3.8) is 0 Å². The highest BCUT2D eigenvalue weighted by Gasteiger charge is 1.97. The van der Waals surface area contributed by atoms with E-state index >= 15 is 0 Å². The van der Waals surface area contributed by atoms with E-state index in [1.807, 2.05) is 37.3 Å². The minimum atomic E-state index is -1.03. The third-order valence-electron chi connectivity index (χ3n) is 1.81. The van der Waals surface area contributed by atoms with Gasteiger partial charge in [0.15, 0.2) is 0 Å². The molecule has 14 heavy (non-hydrogen) atoms. The smallest absolute Gasteiger partial charge is 0.0772 e. The molecule has 1 unspecified atom stereocenters. The van der Waals surface area contributed by atoms with Crippen LogP contribution in [-0.2, 0) is 10.8 Å². The number of hydrogen-bond acceptors (Lipinski definition) is 2. The third kappa shape index (κ3) is 3.44. The van der Waals surface area contributed by atoms with Crippen LogP contribution in [0, 0.1) is 6.92 Å². The van der Waals surface area contributed by atoms with Gasteiger partial charge in [-0.15, -0.1) is 0 Å². The lowest BCUT2D eigenvalue weighted by Gasteiger charge is -1.97. The highest BCUT2D eigenvalue weighted by atomic mass is 32.2. The molecule has 0 bridgehead atoms. The molecule has 2 nitrogen and oxygen atoms in total. The predicted octanol–water partition coefficient (Wildman–Crippen LogP) is 1.97. The van der Waals surface area contributed by atoms with Gasteiger partial charge in [-0.1, -0.05) is 23.8 Å². The minimum absolute atomic E-state index is 0.599. The maximum Gasteiger partial charge on any atom is 0.0772 e. The number of rotatable bonds is 4. The number of nitrogens with two attached hydrogens (primary N) is 1. The van der Waals surface area contributed by atoms with Crippen LogP contribution in [0.3, 0.4) is 0 Å². The van der Waals surface area contributed by atoms with Gasteiger partial charge >= 0.3 is 0 Å². The molecule has 1 aromatic carbocycles. The normalized spacial score (nSPS) is 13.3. The first-order chi connectivity index (χ1) is 6.74. The quantitative estimate of drug-likeness (QED) is 0.823. The predicted molar refractivity (Wildman–Crippen MR) is 60.4 cm³/mol. The molecule has 0 radical (unpaired) electrons. The Bertz CT molecular complexity index is 330. The maximum atomic E-state index is 11.6. The van der Waals surface area contributed by atoms with Crippen molar-refractivity contribution in [1.82, 2.24) is 0 Å². The van der Waals surface area contributed by atoms with Gasteiger partial charge in [-0.05, 0) is 32.0 Å². The summed E-state index contributed by atoms with van der Waals surface area (Å²) in [5, 5.41) is 1.69. The van der Waals surface area contributed by atoms with E-state index in [9.17, 15) is 4.21 Å². The van der Waals surface area contributed by atoms with E-state index in [0.717, 1.165) is 11.3 Å². The summed E-state index contributed by atoms with van der Waals surface area (Å²) in [7, 11) is -1.03. The number of benzene rings is 1. The fraction of sp³-hybridized carbons (Fsp3) is 0.273. The summed E-state index contributed by atoms with van der Waals surface area (Å²) in [4.78, 5) is 0.837. The molecule has 0 aliphatic heterocycles. The Balaban J connectivity index is 2.65. The highest BCUT2D eigenvalue weighted by Crippen LogP contribution is 2.09. The van der Waals surface area contributed by atoms with Crippen molar-refractivity contribution in [2.75, 3.05) is 6.54 Å². The summed E-state index contributed by atoms with van der Waals surface area (Å²) in [5.41, 5.74) is 6.50. The molecule has 0 spiro atoms. The fourth-order valence-electron chi connectivity index (χ4n) is 1.00. The van der Waals surface area contributed by atoms with E-state index in [4.69, 9.17) is 5.73 Å². The first-order valence-electron chi connectivity index (χ1n) is 4.58. The van der Waals surface area contributed by atoms with Crippen LogP contribution < -0.4 is 5.73 Å². The monoisotopic (exact) mass is 209 g/mol. The van der Waals surface area contributed by atoms with E-state index in [2.05, 4.69) is 0 Å². The first kappa shape index (κ1) is 11.1. The van der Waals surface area contributed by atoms with E-state index in [1.165, 1.54) is 5.56 Å². The molecule has 0 aliphatic carbocycles. The van der Waals surface area contributed by atoms with Gasteiger partial charge in [0.05, 0.1) is 10.8 Å². The van der Waals surface area contributed by atoms with Crippen molar-refractivity contribution in [2.24, 2.45) is 5.73 Å². The van der Waals surface area contributed by atoms with Crippen LogP contribution in [0.2, 0.25) is 0 Å². The molecule has 0 saturated carbocycles. The van der Waals surface area contributed by atoms with Gasteiger partial charge in [-0.25, -0.2) is 4.21 Å². The van der Waals surface area contributed by atoms with Crippen LogP contribution in [-0.4, -0.2) is 10.8 Å². The molecule has 3 heteroatoms.